The number of anilines is 3. The summed E-state index contributed by atoms with van der Waals surface area (Å²) in [5.41, 5.74) is -1.71. The van der Waals surface area contributed by atoms with Crippen LogP contribution in [-0.2, 0) is 9.59 Å². The van der Waals surface area contributed by atoms with Gasteiger partial charge < -0.3 is 16.0 Å². The van der Waals surface area contributed by atoms with Gasteiger partial charge in [0.25, 0.3) is 5.91 Å². The summed E-state index contributed by atoms with van der Waals surface area (Å²) in [4.78, 5) is 35.1. The highest BCUT2D eigenvalue weighted by Crippen LogP contribution is 2.53. The quantitative estimate of drug-likeness (QED) is 0.235. The monoisotopic (exact) mass is 635 g/mol. The summed E-state index contributed by atoms with van der Waals surface area (Å²) in [7, 11) is 0. The van der Waals surface area contributed by atoms with Crippen molar-refractivity contribution in [3.63, 3.8) is 0 Å². The molecule has 2 aromatic carbocycles. The number of hydrogen-bond donors (Lipinski definition) is 3. The molecule has 0 radical (unpaired) electrons. The van der Waals surface area contributed by atoms with Crippen molar-refractivity contribution in [1.29, 1.82) is 0 Å². The predicted molar refractivity (Wildman–Crippen MR) is 129 cm³/mol. The van der Waals surface area contributed by atoms with Gasteiger partial charge in [-0.05, 0) is 36.8 Å². The largest absolute Gasteiger partial charge is 0.390 e. The summed E-state index contributed by atoms with van der Waals surface area (Å²) in [6.45, 7) is 0. The Morgan fingerprint density at radius 3 is 2.31 bits per heavy atom. The number of halogens is 9. The molecular formula is C21H14BrCl3F5N3O3. The molecule has 1 saturated carbocycles. The maximum Gasteiger partial charge on any atom is 0.390 e. The Bertz CT molecular complexity index is 1230. The van der Waals surface area contributed by atoms with Gasteiger partial charge in [-0.25, -0.2) is 8.78 Å². The molecule has 2 aromatic rings. The van der Waals surface area contributed by atoms with E-state index in [-0.39, 0.29) is 22.7 Å². The van der Waals surface area contributed by atoms with Crippen molar-refractivity contribution in [2.24, 2.45) is 5.92 Å². The molecule has 0 heterocycles. The summed E-state index contributed by atoms with van der Waals surface area (Å²) in [5, 5.41) is 6.32. The fourth-order valence-electron chi connectivity index (χ4n) is 2.95. The molecule has 1 unspecified atom stereocenters. The van der Waals surface area contributed by atoms with Gasteiger partial charge in [0, 0.05) is 5.69 Å². The zero-order valence-electron chi connectivity index (χ0n) is 17.6. The molecule has 1 fully saturated rings. The molecule has 36 heavy (non-hydrogen) atoms. The molecule has 194 valence electrons. The third-order valence-corrected chi connectivity index (χ3v) is 6.81. The lowest BCUT2D eigenvalue weighted by molar-refractivity contribution is -0.140. The van der Waals surface area contributed by atoms with Crippen LogP contribution < -0.4 is 16.0 Å². The third-order valence-electron chi connectivity index (χ3n) is 4.90. The standard InChI is InChI=1S/C21H14BrCl3F5N3O3/c22-11(7-21(28,29)30)19(36)33-16-13(26)3-4-14(15(16)27)32-17(34)9-5-8(1-2-12(9)23)31-18(35)10-6-20(10,24)25/h1-5,10-11H,6-7H2,(H,31,35)(H,32,34)(H,33,36)/t10-,11?/m1/s1. The highest BCUT2D eigenvalue weighted by Gasteiger charge is 2.56. The van der Waals surface area contributed by atoms with Crippen molar-refractivity contribution in [1.82, 2.24) is 0 Å². The SMILES string of the molecule is O=C(Nc1ccc(F)c(NC(=O)C(Br)CC(F)(F)F)c1F)c1cc(NC(=O)[C@H]2CC2(Cl)Cl)ccc1Cl. The first-order valence-corrected chi connectivity index (χ1v) is 11.9. The van der Waals surface area contributed by atoms with Crippen LogP contribution in [0.5, 0.6) is 0 Å². The van der Waals surface area contributed by atoms with Gasteiger partial charge in [-0.1, -0.05) is 27.5 Å². The molecule has 3 rings (SSSR count). The molecule has 0 aliphatic heterocycles. The van der Waals surface area contributed by atoms with Crippen LogP contribution in [0.2, 0.25) is 5.02 Å². The molecule has 1 aliphatic rings. The van der Waals surface area contributed by atoms with Gasteiger partial charge >= 0.3 is 6.18 Å². The molecule has 1 aliphatic carbocycles. The Kier molecular flexibility index (Phi) is 8.43. The van der Waals surface area contributed by atoms with E-state index >= 15 is 0 Å². The van der Waals surface area contributed by atoms with E-state index in [4.69, 9.17) is 34.8 Å². The molecule has 0 spiro atoms. The first kappa shape index (κ1) is 28.4. The Morgan fingerprint density at radius 1 is 1.08 bits per heavy atom. The van der Waals surface area contributed by atoms with Crippen LogP contribution in [0, 0.1) is 17.6 Å². The van der Waals surface area contributed by atoms with Crippen molar-refractivity contribution >= 4 is 85.5 Å². The van der Waals surface area contributed by atoms with E-state index in [2.05, 4.69) is 26.6 Å². The Morgan fingerprint density at radius 2 is 1.72 bits per heavy atom. The van der Waals surface area contributed by atoms with Crippen LogP contribution in [-0.4, -0.2) is 33.1 Å². The molecular weight excluding hydrogens is 624 g/mol. The van der Waals surface area contributed by atoms with E-state index in [0.29, 0.717) is 6.07 Å². The number of nitrogens with one attached hydrogen (secondary N) is 3. The molecule has 6 nitrogen and oxygen atoms in total. The van der Waals surface area contributed by atoms with Gasteiger partial charge in [-0.3, -0.25) is 14.4 Å². The smallest absolute Gasteiger partial charge is 0.326 e. The fourth-order valence-corrected chi connectivity index (χ4v) is 4.15. The van der Waals surface area contributed by atoms with Gasteiger partial charge in [0.05, 0.1) is 28.6 Å². The van der Waals surface area contributed by atoms with Crippen LogP contribution in [0.25, 0.3) is 0 Å². The summed E-state index contributed by atoms with van der Waals surface area (Å²) < 4.78 is 65.3. The van der Waals surface area contributed by atoms with Crippen LogP contribution in [0.3, 0.4) is 0 Å². The predicted octanol–water partition coefficient (Wildman–Crippen LogP) is 6.66. The number of benzene rings is 2. The first-order chi connectivity index (χ1) is 16.6. The summed E-state index contributed by atoms with van der Waals surface area (Å²) in [5.74, 6) is -6.19. The highest BCUT2D eigenvalue weighted by molar-refractivity contribution is 9.10. The van der Waals surface area contributed by atoms with Crippen molar-refractivity contribution in [2.75, 3.05) is 16.0 Å². The van der Waals surface area contributed by atoms with Crippen LogP contribution in [0.15, 0.2) is 30.3 Å². The van der Waals surface area contributed by atoms with Crippen molar-refractivity contribution in [3.8, 4) is 0 Å². The molecule has 0 bridgehead atoms. The maximum atomic E-state index is 14.9. The van der Waals surface area contributed by atoms with Gasteiger partial charge in [-0.15, -0.1) is 23.2 Å². The van der Waals surface area contributed by atoms with Crippen LogP contribution >= 0.6 is 50.7 Å². The van der Waals surface area contributed by atoms with Gasteiger partial charge in [0.2, 0.25) is 11.8 Å². The Balaban J connectivity index is 1.77. The van der Waals surface area contributed by atoms with Crippen molar-refractivity contribution in [2.45, 2.75) is 28.2 Å². The van der Waals surface area contributed by atoms with E-state index < -0.39 is 68.4 Å². The molecule has 0 aromatic heterocycles. The number of carbonyl (C=O) groups is 3. The average molecular weight is 638 g/mol. The first-order valence-electron chi connectivity index (χ1n) is 9.88. The normalized spacial score (nSPS) is 17.2. The molecule has 3 amide bonds. The fraction of sp³-hybridized carbons (Fsp3) is 0.286. The van der Waals surface area contributed by atoms with Crippen molar-refractivity contribution in [3.05, 3.63) is 52.6 Å². The Hall–Kier alpha value is -2.15. The molecule has 2 atom stereocenters. The molecule has 15 heteroatoms. The molecule has 0 saturated heterocycles. The second kappa shape index (κ2) is 10.7. The number of hydrogen-bond acceptors (Lipinski definition) is 3. The molecule has 3 N–H and O–H groups in total. The van der Waals surface area contributed by atoms with Gasteiger partial charge in [0.15, 0.2) is 5.82 Å². The minimum atomic E-state index is -4.71. The number of amides is 3. The van der Waals surface area contributed by atoms with Crippen LogP contribution in [0.1, 0.15) is 23.2 Å². The van der Waals surface area contributed by atoms with Crippen LogP contribution in [0.4, 0.5) is 39.0 Å². The summed E-state index contributed by atoms with van der Waals surface area (Å²) in [6, 6.07) is 5.41. The average Bonchev–Trinajstić information content (AvgIpc) is 3.41. The topological polar surface area (TPSA) is 87.3 Å². The summed E-state index contributed by atoms with van der Waals surface area (Å²) >= 11 is 20.3. The van der Waals surface area contributed by atoms with E-state index in [1.807, 2.05) is 0 Å². The lowest BCUT2D eigenvalue weighted by atomic mass is 10.1. The van der Waals surface area contributed by atoms with E-state index in [1.54, 1.807) is 5.32 Å². The lowest BCUT2D eigenvalue weighted by Crippen LogP contribution is -2.28. The lowest BCUT2D eigenvalue weighted by Gasteiger charge is -2.16. The van der Waals surface area contributed by atoms with E-state index in [0.717, 1.165) is 6.07 Å². The second-order valence-corrected chi connectivity index (χ2v) is 10.8. The zero-order chi connectivity index (χ0) is 27.0. The number of rotatable bonds is 7. The Labute approximate surface area is 224 Å². The highest BCUT2D eigenvalue weighted by atomic mass is 79.9. The van der Waals surface area contributed by atoms with Gasteiger partial charge in [0.1, 0.15) is 20.7 Å². The number of carbonyl (C=O) groups excluding carboxylic acids is 3. The maximum absolute atomic E-state index is 14.9. The van der Waals surface area contributed by atoms with E-state index in [9.17, 15) is 36.3 Å². The van der Waals surface area contributed by atoms with Crippen molar-refractivity contribution < 1.29 is 36.3 Å². The zero-order valence-corrected chi connectivity index (χ0v) is 21.4. The number of alkyl halides is 6. The minimum Gasteiger partial charge on any atom is -0.326 e. The van der Waals surface area contributed by atoms with E-state index in [1.165, 1.54) is 18.2 Å². The minimum absolute atomic E-state index is 0.0775. The third kappa shape index (κ3) is 6.99. The second-order valence-electron chi connectivity index (χ2n) is 7.72. The van der Waals surface area contributed by atoms with Gasteiger partial charge in [-0.2, -0.15) is 13.2 Å². The summed E-state index contributed by atoms with van der Waals surface area (Å²) in [6.07, 6.45) is -6.04.